The summed E-state index contributed by atoms with van der Waals surface area (Å²) < 4.78 is 27.9. The SMILES string of the molecule is O=C(c1ccn[nH]1)N1CCC[C@H](S(=O)(=O)N2CCc3ccccc32)C1. The fourth-order valence-electron chi connectivity index (χ4n) is 3.66. The van der Waals surface area contributed by atoms with E-state index in [1.165, 1.54) is 10.5 Å². The zero-order chi connectivity index (χ0) is 17.4. The van der Waals surface area contributed by atoms with Crippen LogP contribution in [0.2, 0.25) is 0 Å². The summed E-state index contributed by atoms with van der Waals surface area (Å²) >= 11 is 0. The van der Waals surface area contributed by atoms with Crippen molar-refractivity contribution in [2.75, 3.05) is 23.9 Å². The molecular formula is C17H20N4O3S. The van der Waals surface area contributed by atoms with Gasteiger partial charge in [-0.2, -0.15) is 5.10 Å². The number of aromatic nitrogens is 2. The molecule has 1 saturated heterocycles. The summed E-state index contributed by atoms with van der Waals surface area (Å²) in [7, 11) is -3.50. The molecule has 0 aliphatic carbocycles. The number of piperidine rings is 1. The highest BCUT2D eigenvalue weighted by Crippen LogP contribution is 2.33. The Morgan fingerprint density at radius 3 is 2.84 bits per heavy atom. The van der Waals surface area contributed by atoms with Gasteiger partial charge in [0.25, 0.3) is 5.91 Å². The van der Waals surface area contributed by atoms with E-state index in [9.17, 15) is 13.2 Å². The third-order valence-corrected chi connectivity index (χ3v) is 7.19. The Labute approximate surface area is 146 Å². The Hall–Kier alpha value is -2.35. The number of hydrogen-bond acceptors (Lipinski definition) is 4. The minimum absolute atomic E-state index is 0.195. The summed E-state index contributed by atoms with van der Waals surface area (Å²) in [6, 6.07) is 9.23. The number of sulfonamides is 1. The van der Waals surface area contributed by atoms with Gasteiger partial charge in [-0.3, -0.25) is 14.2 Å². The first-order valence-corrected chi connectivity index (χ1v) is 9.96. The molecule has 8 heteroatoms. The number of carbonyl (C=O) groups excluding carboxylic acids is 1. The Bertz CT molecular complexity index is 879. The molecule has 25 heavy (non-hydrogen) atoms. The number of nitrogens with one attached hydrogen (secondary N) is 1. The van der Waals surface area contributed by atoms with Crippen LogP contribution in [0.1, 0.15) is 28.9 Å². The second kappa shape index (κ2) is 6.18. The zero-order valence-electron chi connectivity index (χ0n) is 13.8. The average molecular weight is 360 g/mol. The van der Waals surface area contributed by atoms with Crippen molar-refractivity contribution in [3.05, 3.63) is 47.8 Å². The van der Waals surface area contributed by atoms with Gasteiger partial charge in [0, 0.05) is 25.8 Å². The number of anilines is 1. The molecule has 0 spiro atoms. The van der Waals surface area contributed by atoms with E-state index in [2.05, 4.69) is 10.2 Å². The van der Waals surface area contributed by atoms with E-state index >= 15 is 0 Å². The van der Waals surface area contributed by atoms with Gasteiger partial charge in [0.2, 0.25) is 10.0 Å². The smallest absolute Gasteiger partial charge is 0.271 e. The molecule has 4 rings (SSSR count). The van der Waals surface area contributed by atoms with Crippen molar-refractivity contribution >= 4 is 21.6 Å². The highest BCUT2D eigenvalue weighted by molar-refractivity contribution is 7.93. The summed E-state index contributed by atoms with van der Waals surface area (Å²) in [6.45, 7) is 1.27. The van der Waals surface area contributed by atoms with Gasteiger partial charge in [-0.05, 0) is 37.0 Å². The van der Waals surface area contributed by atoms with Gasteiger partial charge in [0.15, 0.2) is 0 Å². The predicted octanol–water partition coefficient (Wildman–Crippen LogP) is 1.41. The number of benzene rings is 1. The van der Waals surface area contributed by atoms with E-state index in [4.69, 9.17) is 0 Å². The molecule has 1 amide bonds. The second-order valence-corrected chi connectivity index (χ2v) is 8.62. The molecule has 0 saturated carbocycles. The number of hydrogen-bond donors (Lipinski definition) is 1. The van der Waals surface area contributed by atoms with Gasteiger partial charge >= 0.3 is 0 Å². The molecule has 0 bridgehead atoms. The van der Waals surface area contributed by atoms with Crippen molar-refractivity contribution in [1.82, 2.24) is 15.1 Å². The van der Waals surface area contributed by atoms with Crippen LogP contribution in [0, 0.1) is 0 Å². The van der Waals surface area contributed by atoms with Crippen LogP contribution < -0.4 is 4.31 Å². The zero-order valence-corrected chi connectivity index (χ0v) is 14.6. The van der Waals surface area contributed by atoms with Crippen LogP contribution in [0.3, 0.4) is 0 Å². The summed E-state index contributed by atoms with van der Waals surface area (Å²) in [5, 5.41) is 5.88. The number of likely N-dealkylation sites (tertiary alicyclic amines) is 1. The molecule has 1 N–H and O–H groups in total. The van der Waals surface area contributed by atoms with Gasteiger partial charge in [0.05, 0.1) is 10.9 Å². The topological polar surface area (TPSA) is 86.4 Å². The minimum atomic E-state index is -3.50. The van der Waals surface area contributed by atoms with Crippen molar-refractivity contribution < 1.29 is 13.2 Å². The van der Waals surface area contributed by atoms with Gasteiger partial charge in [-0.15, -0.1) is 0 Å². The lowest BCUT2D eigenvalue weighted by molar-refractivity contribution is 0.0721. The maximum Gasteiger partial charge on any atom is 0.271 e. The van der Waals surface area contributed by atoms with E-state index in [1.807, 2.05) is 24.3 Å². The normalized spacial score (nSPS) is 20.6. The van der Waals surface area contributed by atoms with Crippen LogP contribution >= 0.6 is 0 Å². The predicted molar refractivity (Wildman–Crippen MR) is 93.9 cm³/mol. The molecule has 2 aliphatic heterocycles. The molecule has 0 radical (unpaired) electrons. The lowest BCUT2D eigenvalue weighted by Gasteiger charge is -2.34. The van der Waals surface area contributed by atoms with Crippen molar-refractivity contribution in [3.8, 4) is 0 Å². The number of amides is 1. The third-order valence-electron chi connectivity index (χ3n) is 4.97. The highest BCUT2D eigenvalue weighted by atomic mass is 32.2. The molecule has 0 unspecified atom stereocenters. The summed E-state index contributed by atoms with van der Waals surface area (Å²) in [5.41, 5.74) is 2.23. The summed E-state index contributed by atoms with van der Waals surface area (Å²) in [6.07, 6.45) is 3.51. The number of fused-ring (bicyclic) bond motifs is 1. The third kappa shape index (κ3) is 2.80. The molecule has 1 aromatic carbocycles. The van der Waals surface area contributed by atoms with Crippen molar-refractivity contribution in [2.24, 2.45) is 0 Å². The Balaban J connectivity index is 1.56. The number of rotatable bonds is 3. The second-order valence-electron chi connectivity index (χ2n) is 6.48. The molecular weight excluding hydrogens is 340 g/mol. The number of nitrogens with zero attached hydrogens (tertiary/aromatic N) is 3. The van der Waals surface area contributed by atoms with E-state index in [0.717, 1.165) is 17.7 Å². The van der Waals surface area contributed by atoms with Gasteiger partial charge in [-0.25, -0.2) is 8.42 Å². The summed E-state index contributed by atoms with van der Waals surface area (Å²) in [4.78, 5) is 14.1. The fraction of sp³-hybridized carbons (Fsp3) is 0.412. The standard InChI is InChI=1S/C17H20N4O3S/c22-17(15-7-9-18-19-15)20-10-3-5-14(12-20)25(23,24)21-11-8-13-4-1-2-6-16(13)21/h1-2,4,6-7,9,14H,3,5,8,10-12H2,(H,18,19)/t14-/m0/s1. The maximum atomic E-state index is 13.2. The van der Waals surface area contributed by atoms with Crippen LogP contribution in [-0.4, -0.2) is 54.3 Å². The van der Waals surface area contributed by atoms with E-state index in [0.29, 0.717) is 31.6 Å². The average Bonchev–Trinajstić information content (AvgIpc) is 3.31. The van der Waals surface area contributed by atoms with Crippen LogP contribution in [0.5, 0.6) is 0 Å². The quantitative estimate of drug-likeness (QED) is 0.897. The lowest BCUT2D eigenvalue weighted by Crippen LogP contribution is -2.49. The molecule has 1 fully saturated rings. The monoisotopic (exact) mass is 360 g/mol. The Morgan fingerprint density at radius 1 is 1.20 bits per heavy atom. The van der Waals surface area contributed by atoms with Crippen molar-refractivity contribution in [2.45, 2.75) is 24.5 Å². The molecule has 132 valence electrons. The molecule has 2 aliphatic rings. The number of H-pyrrole nitrogens is 1. The largest absolute Gasteiger partial charge is 0.336 e. The van der Waals surface area contributed by atoms with E-state index < -0.39 is 15.3 Å². The van der Waals surface area contributed by atoms with Crippen LogP contribution in [-0.2, 0) is 16.4 Å². The van der Waals surface area contributed by atoms with Crippen molar-refractivity contribution in [3.63, 3.8) is 0 Å². The lowest BCUT2D eigenvalue weighted by atomic mass is 10.1. The molecule has 1 aromatic heterocycles. The van der Waals surface area contributed by atoms with Gasteiger partial charge in [-0.1, -0.05) is 18.2 Å². The first-order chi connectivity index (χ1) is 12.1. The van der Waals surface area contributed by atoms with Gasteiger partial charge < -0.3 is 4.90 Å². The molecule has 3 heterocycles. The van der Waals surface area contributed by atoms with Crippen LogP contribution in [0.15, 0.2) is 36.5 Å². The Morgan fingerprint density at radius 2 is 2.04 bits per heavy atom. The number of carbonyl (C=O) groups is 1. The molecule has 2 aromatic rings. The van der Waals surface area contributed by atoms with E-state index in [-0.39, 0.29) is 12.5 Å². The molecule has 7 nitrogen and oxygen atoms in total. The first-order valence-electron chi connectivity index (χ1n) is 8.45. The van der Waals surface area contributed by atoms with Crippen LogP contribution in [0.25, 0.3) is 0 Å². The molecule has 1 atom stereocenters. The van der Waals surface area contributed by atoms with Gasteiger partial charge in [0.1, 0.15) is 5.69 Å². The Kier molecular flexibility index (Phi) is 3.99. The van der Waals surface area contributed by atoms with Crippen LogP contribution in [0.4, 0.5) is 5.69 Å². The number of aromatic amines is 1. The fourth-order valence-corrected chi connectivity index (χ4v) is 5.65. The minimum Gasteiger partial charge on any atom is -0.336 e. The first kappa shape index (κ1) is 16.1. The summed E-state index contributed by atoms with van der Waals surface area (Å²) in [5.74, 6) is -0.195. The van der Waals surface area contributed by atoms with Crippen molar-refractivity contribution in [1.29, 1.82) is 0 Å². The number of para-hydroxylation sites is 1. The maximum absolute atomic E-state index is 13.2. The van der Waals surface area contributed by atoms with E-state index in [1.54, 1.807) is 11.0 Å². The highest BCUT2D eigenvalue weighted by Gasteiger charge is 2.39.